The number of rotatable bonds is 2. The van der Waals surface area contributed by atoms with Crippen LogP contribution in [0.1, 0.15) is 39.3 Å². The van der Waals surface area contributed by atoms with Gasteiger partial charge in [0.05, 0.1) is 13.2 Å². The molecule has 1 aliphatic heterocycles. The van der Waals surface area contributed by atoms with Crippen LogP contribution in [0.2, 0.25) is 0 Å². The smallest absolute Gasteiger partial charge is 0.347 e. The van der Waals surface area contributed by atoms with Crippen LogP contribution >= 0.6 is 0 Å². The van der Waals surface area contributed by atoms with Gasteiger partial charge in [0.1, 0.15) is 11.6 Å². The molecule has 7 heteroatoms. The van der Waals surface area contributed by atoms with E-state index < -0.39 is 11.4 Å². The Hall–Kier alpha value is -2.31. The fraction of sp³-hybridized carbons (Fsp3) is 0.500. The number of carbonyl (C=O) groups excluding carboxylic acids is 1. The monoisotopic (exact) mass is 324 g/mol. The van der Waals surface area contributed by atoms with E-state index in [2.05, 4.69) is 4.99 Å². The van der Waals surface area contributed by atoms with Crippen LogP contribution in [-0.2, 0) is 12.0 Å². The number of amides is 2. The lowest BCUT2D eigenvalue weighted by molar-refractivity contribution is 0.179. The van der Waals surface area contributed by atoms with E-state index >= 15 is 0 Å². The second-order valence-corrected chi connectivity index (χ2v) is 5.89. The summed E-state index contributed by atoms with van der Waals surface area (Å²) >= 11 is 0. The third-order valence-corrected chi connectivity index (χ3v) is 3.63. The van der Waals surface area contributed by atoms with Crippen LogP contribution < -0.4 is 16.2 Å². The number of urea groups is 1. The molecule has 1 aromatic rings. The predicted octanol–water partition coefficient (Wildman–Crippen LogP) is 2.35. The van der Waals surface area contributed by atoms with Crippen molar-refractivity contribution in [3.8, 4) is 5.75 Å². The van der Waals surface area contributed by atoms with Crippen molar-refractivity contribution in [2.75, 3.05) is 13.2 Å². The maximum Gasteiger partial charge on any atom is 0.347 e. The van der Waals surface area contributed by atoms with Crippen molar-refractivity contribution in [3.05, 3.63) is 29.1 Å². The van der Waals surface area contributed by atoms with Gasteiger partial charge in [-0.1, -0.05) is 21.3 Å². The van der Waals surface area contributed by atoms with Crippen molar-refractivity contribution in [2.45, 2.75) is 40.2 Å². The quantitative estimate of drug-likeness (QED) is 0.645. The molecule has 0 unspecified atom stereocenters. The molecule has 23 heavy (non-hydrogen) atoms. The number of fused-ring (bicyclic) bond motifs is 1. The summed E-state index contributed by atoms with van der Waals surface area (Å²) in [6.07, 6.45) is 0. The molecule has 0 saturated carbocycles. The molecular formula is C16H25FN4O2. The molecule has 0 fully saturated rings. The number of carbonyl (C=O) groups is 1. The first-order chi connectivity index (χ1) is 10.3. The van der Waals surface area contributed by atoms with Gasteiger partial charge >= 0.3 is 6.03 Å². The first kappa shape index (κ1) is 18.7. The summed E-state index contributed by atoms with van der Waals surface area (Å²) in [7, 11) is 0. The first-order valence-electron chi connectivity index (χ1n) is 7.09. The zero-order chi connectivity index (χ0) is 16.5. The van der Waals surface area contributed by atoms with Crippen LogP contribution in [0.4, 0.5) is 9.18 Å². The third-order valence-electron chi connectivity index (χ3n) is 3.63. The highest BCUT2D eigenvalue weighted by atomic mass is 19.1. The molecule has 1 aromatic carbocycles. The van der Waals surface area contributed by atoms with E-state index in [1.54, 1.807) is 6.07 Å². The highest BCUT2D eigenvalue weighted by Crippen LogP contribution is 2.39. The first-order valence-corrected chi connectivity index (χ1v) is 7.09. The van der Waals surface area contributed by atoms with Gasteiger partial charge in [0.25, 0.3) is 0 Å². The van der Waals surface area contributed by atoms with Crippen LogP contribution in [0, 0.1) is 5.82 Å². The molecule has 0 atom stereocenters. The second-order valence-electron chi connectivity index (χ2n) is 5.89. The SMILES string of the molecule is C.CCOc1ccc(F)c2c1CN(C(=O)N=C(N)N)CC2(C)C. The average molecular weight is 324 g/mol. The third kappa shape index (κ3) is 3.72. The lowest BCUT2D eigenvalue weighted by Crippen LogP contribution is -2.45. The number of benzene rings is 1. The Labute approximate surface area is 136 Å². The van der Waals surface area contributed by atoms with Crippen LogP contribution in [0.25, 0.3) is 0 Å². The van der Waals surface area contributed by atoms with Gasteiger partial charge in [0.2, 0.25) is 0 Å². The van der Waals surface area contributed by atoms with E-state index in [0.29, 0.717) is 30.0 Å². The zero-order valence-corrected chi connectivity index (χ0v) is 13.0. The Bertz CT molecular complexity index is 625. The predicted molar refractivity (Wildman–Crippen MR) is 88.9 cm³/mol. The topological polar surface area (TPSA) is 93.9 Å². The van der Waals surface area contributed by atoms with Gasteiger partial charge in [0.15, 0.2) is 5.96 Å². The van der Waals surface area contributed by atoms with Crippen molar-refractivity contribution in [1.29, 1.82) is 0 Å². The molecule has 0 bridgehead atoms. The summed E-state index contributed by atoms with van der Waals surface area (Å²) in [4.78, 5) is 17.2. The maximum atomic E-state index is 14.3. The maximum absolute atomic E-state index is 14.3. The number of hydrogen-bond acceptors (Lipinski definition) is 2. The fourth-order valence-electron chi connectivity index (χ4n) is 2.90. The van der Waals surface area contributed by atoms with Gasteiger partial charge < -0.3 is 21.1 Å². The van der Waals surface area contributed by atoms with E-state index in [1.807, 2.05) is 20.8 Å². The van der Waals surface area contributed by atoms with Gasteiger partial charge in [0, 0.05) is 23.1 Å². The molecule has 6 nitrogen and oxygen atoms in total. The minimum atomic E-state index is -0.570. The number of nitrogens with zero attached hydrogens (tertiary/aromatic N) is 2. The summed E-state index contributed by atoms with van der Waals surface area (Å²) in [6.45, 7) is 6.59. The van der Waals surface area contributed by atoms with Crippen LogP contribution in [-0.4, -0.2) is 30.0 Å². The minimum absolute atomic E-state index is 0. The summed E-state index contributed by atoms with van der Waals surface area (Å²) in [5.74, 6) is -0.00977. The molecular weight excluding hydrogens is 299 g/mol. The fourth-order valence-corrected chi connectivity index (χ4v) is 2.90. The molecule has 1 aliphatic rings. The molecule has 0 spiro atoms. The molecule has 0 saturated heterocycles. The molecule has 0 aliphatic carbocycles. The van der Waals surface area contributed by atoms with Gasteiger partial charge in [-0.15, -0.1) is 0 Å². The molecule has 0 aromatic heterocycles. The number of nitrogens with two attached hydrogens (primary N) is 2. The second kappa shape index (κ2) is 6.85. The van der Waals surface area contributed by atoms with Gasteiger partial charge in [-0.25, -0.2) is 9.18 Å². The Morgan fingerprint density at radius 3 is 2.65 bits per heavy atom. The highest BCUT2D eigenvalue weighted by molar-refractivity contribution is 5.90. The average Bonchev–Trinajstić information content (AvgIpc) is 2.39. The van der Waals surface area contributed by atoms with Crippen molar-refractivity contribution in [1.82, 2.24) is 4.90 Å². The zero-order valence-electron chi connectivity index (χ0n) is 13.0. The lowest BCUT2D eigenvalue weighted by Gasteiger charge is -2.39. The summed E-state index contributed by atoms with van der Waals surface area (Å²) in [6, 6.07) is 2.45. The molecule has 0 radical (unpaired) electrons. The van der Waals surface area contributed by atoms with Crippen molar-refractivity contribution in [2.24, 2.45) is 16.5 Å². The Morgan fingerprint density at radius 1 is 1.43 bits per heavy atom. The van der Waals surface area contributed by atoms with E-state index in [0.717, 1.165) is 0 Å². The normalized spacial score (nSPS) is 15.2. The van der Waals surface area contributed by atoms with Crippen molar-refractivity contribution in [3.63, 3.8) is 0 Å². The van der Waals surface area contributed by atoms with Gasteiger partial charge in [-0.2, -0.15) is 4.99 Å². The number of ether oxygens (including phenoxy) is 1. The Morgan fingerprint density at radius 2 is 2.09 bits per heavy atom. The number of hydrogen-bond donors (Lipinski definition) is 2. The van der Waals surface area contributed by atoms with Gasteiger partial charge in [-0.3, -0.25) is 0 Å². The van der Waals surface area contributed by atoms with E-state index in [4.69, 9.17) is 16.2 Å². The summed E-state index contributed by atoms with van der Waals surface area (Å²) < 4.78 is 19.9. The summed E-state index contributed by atoms with van der Waals surface area (Å²) in [5, 5.41) is 0. The van der Waals surface area contributed by atoms with E-state index in [9.17, 15) is 9.18 Å². The number of aliphatic imine (C=N–C) groups is 1. The largest absolute Gasteiger partial charge is 0.494 e. The number of guanidine groups is 1. The highest BCUT2D eigenvalue weighted by Gasteiger charge is 2.37. The van der Waals surface area contributed by atoms with Crippen LogP contribution in [0.3, 0.4) is 0 Å². The van der Waals surface area contributed by atoms with E-state index in [-0.39, 0.29) is 25.7 Å². The molecule has 128 valence electrons. The summed E-state index contributed by atoms with van der Waals surface area (Å²) in [5.41, 5.74) is 11.2. The standard InChI is InChI=1S/C15H21FN4O2.CH4/c1-4-22-11-6-5-10(16)12-9(11)7-20(8-15(12,2)3)14(21)19-13(17)18;/h5-6H,4,7-8H2,1-3H3,(H4,17,18,19,21);1H4. The number of halogens is 1. The lowest BCUT2D eigenvalue weighted by atomic mass is 9.77. The van der Waals surface area contributed by atoms with Crippen molar-refractivity contribution >= 4 is 12.0 Å². The van der Waals surface area contributed by atoms with Crippen LogP contribution in [0.15, 0.2) is 17.1 Å². The molecule has 1 heterocycles. The van der Waals surface area contributed by atoms with Crippen molar-refractivity contribution < 1.29 is 13.9 Å². The molecule has 2 amide bonds. The van der Waals surface area contributed by atoms with Gasteiger partial charge in [-0.05, 0) is 19.1 Å². The van der Waals surface area contributed by atoms with E-state index in [1.165, 1.54) is 11.0 Å². The van der Waals surface area contributed by atoms with Crippen LogP contribution in [0.5, 0.6) is 5.75 Å². The Kier molecular flexibility index (Phi) is 5.58. The Balaban J connectivity index is 0.00000264. The minimum Gasteiger partial charge on any atom is -0.494 e. The molecule has 2 rings (SSSR count). The molecule has 4 N–H and O–H groups in total.